The Morgan fingerprint density at radius 1 is 1.44 bits per heavy atom. The van der Waals surface area contributed by atoms with Gasteiger partial charge in [0.15, 0.2) is 0 Å². The number of hydrogen-bond donors (Lipinski definition) is 2. The van der Waals surface area contributed by atoms with Gasteiger partial charge in [-0.25, -0.2) is 0 Å². The molecule has 1 unspecified atom stereocenters. The van der Waals surface area contributed by atoms with Crippen molar-refractivity contribution in [3.63, 3.8) is 0 Å². The van der Waals surface area contributed by atoms with Crippen molar-refractivity contribution in [1.29, 1.82) is 0 Å². The van der Waals surface area contributed by atoms with E-state index in [-0.39, 0.29) is 24.7 Å². The topological polar surface area (TPSA) is 71.0 Å². The maximum atomic E-state index is 12.2. The molecule has 2 rings (SSSR count). The standard InChI is InChI=1S/C12H22N2O4/c15-6-8-18-10-1-4-14(5-2-10)12(16)11-9-17-7-3-13-11/h10-11,13,15H,1-9H2. The second-order valence-electron chi connectivity index (χ2n) is 4.70. The van der Waals surface area contributed by atoms with Crippen molar-refractivity contribution >= 4 is 5.91 Å². The van der Waals surface area contributed by atoms with Gasteiger partial charge < -0.3 is 24.8 Å². The summed E-state index contributed by atoms with van der Waals surface area (Å²) in [5, 5.41) is 11.9. The van der Waals surface area contributed by atoms with E-state index in [9.17, 15) is 4.79 Å². The van der Waals surface area contributed by atoms with E-state index in [0.717, 1.165) is 32.5 Å². The molecule has 0 spiro atoms. The molecule has 2 N–H and O–H groups in total. The number of carbonyl (C=O) groups excluding carboxylic acids is 1. The average Bonchev–Trinajstić information content (AvgIpc) is 2.46. The molecule has 2 fully saturated rings. The molecule has 0 aliphatic carbocycles. The van der Waals surface area contributed by atoms with Gasteiger partial charge in [0.25, 0.3) is 0 Å². The lowest BCUT2D eigenvalue weighted by atomic mass is 10.1. The van der Waals surface area contributed by atoms with E-state index < -0.39 is 0 Å². The summed E-state index contributed by atoms with van der Waals surface area (Å²) in [7, 11) is 0. The molecule has 2 heterocycles. The van der Waals surface area contributed by atoms with Crippen LogP contribution in [0.1, 0.15) is 12.8 Å². The largest absolute Gasteiger partial charge is 0.394 e. The maximum Gasteiger partial charge on any atom is 0.242 e. The van der Waals surface area contributed by atoms with Crippen molar-refractivity contribution in [3.05, 3.63) is 0 Å². The van der Waals surface area contributed by atoms with E-state index in [0.29, 0.717) is 19.8 Å². The number of rotatable bonds is 4. The van der Waals surface area contributed by atoms with Crippen molar-refractivity contribution in [3.8, 4) is 0 Å². The van der Waals surface area contributed by atoms with Gasteiger partial charge in [-0.3, -0.25) is 4.79 Å². The predicted octanol–water partition coefficient (Wildman–Crippen LogP) is -1.03. The van der Waals surface area contributed by atoms with Crippen LogP contribution in [0.4, 0.5) is 0 Å². The lowest BCUT2D eigenvalue weighted by Gasteiger charge is -2.35. The van der Waals surface area contributed by atoms with E-state index in [1.807, 2.05) is 4.90 Å². The van der Waals surface area contributed by atoms with Gasteiger partial charge in [-0.15, -0.1) is 0 Å². The number of likely N-dealkylation sites (tertiary alicyclic amines) is 1. The zero-order valence-corrected chi connectivity index (χ0v) is 10.6. The minimum Gasteiger partial charge on any atom is -0.394 e. The third-order valence-electron chi connectivity index (χ3n) is 3.42. The Balaban J connectivity index is 1.73. The first-order valence-electron chi connectivity index (χ1n) is 6.63. The van der Waals surface area contributed by atoms with Crippen LogP contribution in [0.5, 0.6) is 0 Å². The molecule has 0 aromatic carbocycles. The van der Waals surface area contributed by atoms with Gasteiger partial charge >= 0.3 is 0 Å². The van der Waals surface area contributed by atoms with Crippen LogP contribution in [-0.2, 0) is 14.3 Å². The summed E-state index contributed by atoms with van der Waals surface area (Å²) >= 11 is 0. The molecule has 1 amide bonds. The number of amides is 1. The zero-order valence-electron chi connectivity index (χ0n) is 10.6. The van der Waals surface area contributed by atoms with Crippen LogP contribution >= 0.6 is 0 Å². The highest BCUT2D eigenvalue weighted by molar-refractivity contribution is 5.82. The first-order valence-corrected chi connectivity index (χ1v) is 6.63. The highest BCUT2D eigenvalue weighted by atomic mass is 16.5. The lowest BCUT2D eigenvalue weighted by Crippen LogP contribution is -2.54. The minimum absolute atomic E-state index is 0.0580. The third-order valence-corrected chi connectivity index (χ3v) is 3.42. The number of aliphatic hydroxyl groups is 1. The fraction of sp³-hybridized carbons (Fsp3) is 0.917. The molecule has 0 saturated carbocycles. The minimum atomic E-state index is -0.186. The molecule has 104 valence electrons. The number of nitrogens with one attached hydrogen (secondary N) is 1. The van der Waals surface area contributed by atoms with Crippen molar-refractivity contribution in [1.82, 2.24) is 10.2 Å². The Morgan fingerprint density at radius 2 is 2.22 bits per heavy atom. The molecule has 2 aliphatic rings. The van der Waals surface area contributed by atoms with Gasteiger partial charge in [0.05, 0.1) is 32.5 Å². The molecular formula is C12H22N2O4. The summed E-state index contributed by atoms with van der Waals surface area (Å²) < 4.78 is 10.8. The summed E-state index contributed by atoms with van der Waals surface area (Å²) in [6.45, 7) is 3.80. The number of ether oxygens (including phenoxy) is 2. The first-order chi connectivity index (χ1) is 8.81. The van der Waals surface area contributed by atoms with Crippen LogP contribution < -0.4 is 5.32 Å². The smallest absolute Gasteiger partial charge is 0.242 e. The molecule has 0 bridgehead atoms. The van der Waals surface area contributed by atoms with Crippen LogP contribution in [0.15, 0.2) is 0 Å². The molecule has 2 aliphatic heterocycles. The van der Waals surface area contributed by atoms with Crippen molar-refractivity contribution in [2.24, 2.45) is 0 Å². The van der Waals surface area contributed by atoms with Crippen molar-refractivity contribution in [2.75, 3.05) is 46.1 Å². The van der Waals surface area contributed by atoms with Gasteiger partial charge in [0.1, 0.15) is 6.04 Å². The third kappa shape index (κ3) is 3.65. The second-order valence-corrected chi connectivity index (χ2v) is 4.70. The summed E-state index contributed by atoms with van der Waals surface area (Å²) in [5.41, 5.74) is 0. The SMILES string of the molecule is O=C(C1COCCN1)N1CCC(OCCO)CC1. The van der Waals surface area contributed by atoms with Crippen LogP contribution in [0.3, 0.4) is 0 Å². The molecule has 6 nitrogen and oxygen atoms in total. The van der Waals surface area contributed by atoms with Gasteiger partial charge in [0, 0.05) is 19.6 Å². The van der Waals surface area contributed by atoms with Crippen LogP contribution in [-0.4, -0.2) is 74.1 Å². The van der Waals surface area contributed by atoms with Gasteiger partial charge in [-0.2, -0.15) is 0 Å². The highest BCUT2D eigenvalue weighted by Gasteiger charge is 2.29. The normalized spacial score (nSPS) is 26.3. The Kier molecular flexibility index (Phi) is 5.37. The predicted molar refractivity (Wildman–Crippen MR) is 65.2 cm³/mol. The molecule has 1 atom stereocenters. The van der Waals surface area contributed by atoms with E-state index in [4.69, 9.17) is 14.6 Å². The number of nitrogens with zero attached hydrogens (tertiary/aromatic N) is 1. The number of piperidine rings is 1. The lowest BCUT2D eigenvalue weighted by molar-refractivity contribution is -0.139. The summed E-state index contributed by atoms with van der Waals surface area (Å²) in [5.74, 6) is 0.135. The summed E-state index contributed by atoms with van der Waals surface area (Å²) in [6, 6.07) is -0.186. The zero-order chi connectivity index (χ0) is 12.8. The van der Waals surface area contributed by atoms with E-state index >= 15 is 0 Å². The second kappa shape index (κ2) is 7.04. The monoisotopic (exact) mass is 258 g/mol. The van der Waals surface area contributed by atoms with Gasteiger partial charge in [0.2, 0.25) is 5.91 Å². The van der Waals surface area contributed by atoms with E-state index in [1.54, 1.807) is 0 Å². The van der Waals surface area contributed by atoms with E-state index in [1.165, 1.54) is 0 Å². The molecule has 0 radical (unpaired) electrons. The Hall–Kier alpha value is -0.690. The van der Waals surface area contributed by atoms with Crippen molar-refractivity contribution < 1.29 is 19.4 Å². The van der Waals surface area contributed by atoms with Gasteiger partial charge in [-0.05, 0) is 12.8 Å². The van der Waals surface area contributed by atoms with Crippen LogP contribution in [0.2, 0.25) is 0 Å². The average molecular weight is 258 g/mol. The Morgan fingerprint density at radius 3 is 2.83 bits per heavy atom. The Labute approximate surface area is 107 Å². The molecule has 0 aromatic heterocycles. The van der Waals surface area contributed by atoms with Crippen molar-refractivity contribution in [2.45, 2.75) is 25.0 Å². The number of aliphatic hydroxyl groups excluding tert-OH is 1. The number of carbonyl (C=O) groups is 1. The molecule has 18 heavy (non-hydrogen) atoms. The van der Waals surface area contributed by atoms with Gasteiger partial charge in [-0.1, -0.05) is 0 Å². The maximum absolute atomic E-state index is 12.2. The van der Waals surface area contributed by atoms with Crippen LogP contribution in [0.25, 0.3) is 0 Å². The fourth-order valence-corrected chi connectivity index (χ4v) is 2.41. The molecule has 6 heteroatoms. The highest BCUT2D eigenvalue weighted by Crippen LogP contribution is 2.15. The molecular weight excluding hydrogens is 236 g/mol. The fourth-order valence-electron chi connectivity index (χ4n) is 2.41. The molecule has 2 saturated heterocycles. The first kappa shape index (κ1) is 13.7. The number of morpholine rings is 1. The molecule has 0 aromatic rings. The number of hydrogen-bond acceptors (Lipinski definition) is 5. The summed E-state index contributed by atoms with van der Waals surface area (Å²) in [6.07, 6.45) is 1.87. The quantitative estimate of drug-likeness (QED) is 0.675. The Bertz CT molecular complexity index is 261. The van der Waals surface area contributed by atoms with E-state index in [2.05, 4.69) is 5.32 Å². The van der Waals surface area contributed by atoms with Crippen LogP contribution in [0, 0.1) is 0 Å². The summed E-state index contributed by atoms with van der Waals surface area (Å²) in [4.78, 5) is 14.1.